The molecular weight excluding hydrogens is 318 g/mol. The number of amides is 2. The molecule has 0 unspecified atom stereocenters. The number of fused-ring (bicyclic) bond motifs is 1. The molecule has 22 heavy (non-hydrogen) atoms. The van der Waals surface area contributed by atoms with Crippen molar-refractivity contribution in [3.8, 4) is 0 Å². The molecule has 3 rings (SSSR count). The molecule has 2 amide bonds. The van der Waals surface area contributed by atoms with E-state index in [1.165, 1.54) is 12.0 Å². The van der Waals surface area contributed by atoms with Gasteiger partial charge in [-0.3, -0.25) is 4.99 Å². The highest BCUT2D eigenvalue weighted by Gasteiger charge is 2.29. The Kier molecular flexibility index (Phi) is 4.54. The van der Waals surface area contributed by atoms with E-state index in [1.807, 2.05) is 9.80 Å². The van der Waals surface area contributed by atoms with Gasteiger partial charge in [-0.05, 0) is 38.0 Å². The number of thiophene rings is 1. The Labute approximate surface area is 140 Å². The van der Waals surface area contributed by atoms with Crippen molar-refractivity contribution in [3.05, 3.63) is 22.6 Å². The quantitative estimate of drug-likeness (QED) is 0.743. The number of hydrogen-bond acceptors (Lipinski definition) is 3. The summed E-state index contributed by atoms with van der Waals surface area (Å²) in [7, 11) is 0. The van der Waals surface area contributed by atoms with Crippen LogP contribution in [0, 0.1) is 0 Å². The number of rotatable bonds is 2. The van der Waals surface area contributed by atoms with E-state index >= 15 is 0 Å². The molecule has 1 aromatic rings. The van der Waals surface area contributed by atoms with Crippen LogP contribution in [0.15, 0.2) is 11.6 Å². The molecule has 2 aliphatic heterocycles. The summed E-state index contributed by atoms with van der Waals surface area (Å²) in [5.41, 5.74) is 2.11. The summed E-state index contributed by atoms with van der Waals surface area (Å²) in [5, 5.41) is 1.33. The van der Waals surface area contributed by atoms with Gasteiger partial charge < -0.3 is 9.80 Å². The third-order valence-electron chi connectivity index (χ3n) is 4.35. The number of carbonyl (C=O) groups is 1. The van der Waals surface area contributed by atoms with E-state index in [4.69, 9.17) is 11.6 Å². The molecule has 0 bridgehead atoms. The first-order chi connectivity index (χ1) is 10.6. The molecule has 0 aliphatic carbocycles. The van der Waals surface area contributed by atoms with E-state index in [0.29, 0.717) is 11.6 Å². The third-order valence-corrected chi connectivity index (χ3v) is 5.69. The van der Waals surface area contributed by atoms with Gasteiger partial charge in [0.15, 0.2) is 0 Å². The molecule has 1 fully saturated rings. The second-order valence-electron chi connectivity index (χ2n) is 5.75. The second kappa shape index (κ2) is 6.42. The standard InChI is InChI=1S/C16H20ClN3OS/c1-11(17)14-12-6-9-20(10-13(12)22-15(14)18-2)16(21)19-7-4-3-5-8-19/h1-10H2. The van der Waals surface area contributed by atoms with Gasteiger partial charge in [0.25, 0.3) is 0 Å². The van der Waals surface area contributed by atoms with Crippen molar-refractivity contribution < 1.29 is 4.79 Å². The summed E-state index contributed by atoms with van der Waals surface area (Å²) in [6.07, 6.45) is 4.27. The van der Waals surface area contributed by atoms with Crippen LogP contribution in [0.4, 0.5) is 9.80 Å². The minimum absolute atomic E-state index is 0.165. The summed E-state index contributed by atoms with van der Waals surface area (Å²) in [5.74, 6) is 0. The van der Waals surface area contributed by atoms with E-state index in [1.54, 1.807) is 11.3 Å². The van der Waals surface area contributed by atoms with Gasteiger partial charge in [0.05, 0.1) is 6.54 Å². The summed E-state index contributed by atoms with van der Waals surface area (Å²) >= 11 is 7.69. The largest absolute Gasteiger partial charge is 0.325 e. The van der Waals surface area contributed by atoms with Crippen LogP contribution in [0.25, 0.3) is 5.03 Å². The highest BCUT2D eigenvalue weighted by Crippen LogP contribution is 2.43. The summed E-state index contributed by atoms with van der Waals surface area (Å²) in [6, 6.07) is 0.165. The van der Waals surface area contributed by atoms with E-state index < -0.39 is 0 Å². The van der Waals surface area contributed by atoms with Crippen LogP contribution in [0.1, 0.15) is 35.3 Å². The fourth-order valence-electron chi connectivity index (χ4n) is 3.23. The Morgan fingerprint density at radius 3 is 2.55 bits per heavy atom. The maximum Gasteiger partial charge on any atom is 0.320 e. The molecule has 0 N–H and O–H groups in total. The zero-order chi connectivity index (χ0) is 15.7. The minimum atomic E-state index is 0.165. The van der Waals surface area contributed by atoms with Gasteiger partial charge in [0.1, 0.15) is 5.00 Å². The number of urea groups is 1. The topological polar surface area (TPSA) is 35.9 Å². The Balaban J connectivity index is 1.80. The molecular formula is C16H20ClN3OS. The third kappa shape index (κ3) is 2.79. The lowest BCUT2D eigenvalue weighted by atomic mass is 10.0. The highest BCUT2D eigenvalue weighted by atomic mass is 35.5. The van der Waals surface area contributed by atoms with Crippen molar-refractivity contribution in [2.24, 2.45) is 4.99 Å². The Morgan fingerprint density at radius 2 is 1.91 bits per heavy atom. The van der Waals surface area contributed by atoms with Crippen LogP contribution in [-0.2, 0) is 13.0 Å². The number of halogens is 1. The first-order valence-electron chi connectivity index (χ1n) is 7.61. The predicted octanol–water partition coefficient (Wildman–Crippen LogP) is 4.25. The van der Waals surface area contributed by atoms with Gasteiger partial charge in [0.2, 0.25) is 0 Å². The lowest BCUT2D eigenvalue weighted by Gasteiger charge is -2.35. The van der Waals surface area contributed by atoms with Crippen LogP contribution >= 0.6 is 22.9 Å². The van der Waals surface area contributed by atoms with Gasteiger partial charge in [-0.15, -0.1) is 11.3 Å². The maximum absolute atomic E-state index is 12.6. The normalized spacial score (nSPS) is 18.0. The van der Waals surface area contributed by atoms with Gasteiger partial charge in [-0.1, -0.05) is 18.2 Å². The van der Waals surface area contributed by atoms with Crippen LogP contribution in [-0.4, -0.2) is 42.2 Å². The zero-order valence-electron chi connectivity index (χ0n) is 12.6. The smallest absolute Gasteiger partial charge is 0.320 e. The maximum atomic E-state index is 12.6. The van der Waals surface area contributed by atoms with Gasteiger partial charge in [-0.25, -0.2) is 4.79 Å². The molecule has 3 heterocycles. The lowest BCUT2D eigenvalue weighted by molar-refractivity contribution is 0.139. The van der Waals surface area contributed by atoms with Crippen molar-refractivity contribution >= 4 is 45.7 Å². The highest BCUT2D eigenvalue weighted by molar-refractivity contribution is 7.16. The van der Waals surface area contributed by atoms with Crippen LogP contribution in [0.3, 0.4) is 0 Å². The molecule has 118 valence electrons. The summed E-state index contributed by atoms with van der Waals surface area (Å²) in [6.45, 7) is 10.6. The van der Waals surface area contributed by atoms with E-state index in [2.05, 4.69) is 18.3 Å². The molecule has 0 saturated carbocycles. The minimum Gasteiger partial charge on any atom is -0.325 e. The molecule has 6 heteroatoms. The van der Waals surface area contributed by atoms with Gasteiger partial charge in [-0.2, -0.15) is 0 Å². The number of piperidine rings is 1. The molecule has 0 spiro atoms. The molecule has 1 saturated heterocycles. The Morgan fingerprint density at radius 1 is 1.18 bits per heavy atom. The number of aliphatic imine (C=N–C) groups is 1. The molecule has 1 aromatic heterocycles. The average molecular weight is 338 g/mol. The van der Waals surface area contributed by atoms with Crippen molar-refractivity contribution in [1.29, 1.82) is 0 Å². The predicted molar refractivity (Wildman–Crippen MR) is 93.3 cm³/mol. The van der Waals surface area contributed by atoms with E-state index in [0.717, 1.165) is 54.3 Å². The zero-order valence-corrected chi connectivity index (χ0v) is 14.2. The number of hydrogen-bond donors (Lipinski definition) is 0. The van der Waals surface area contributed by atoms with Crippen molar-refractivity contribution in [2.75, 3.05) is 19.6 Å². The molecule has 4 nitrogen and oxygen atoms in total. The van der Waals surface area contributed by atoms with Crippen molar-refractivity contribution in [2.45, 2.75) is 32.2 Å². The average Bonchev–Trinajstić information content (AvgIpc) is 2.92. The Hall–Kier alpha value is -1.33. The summed E-state index contributed by atoms with van der Waals surface area (Å²) < 4.78 is 0. The molecule has 0 aromatic carbocycles. The monoisotopic (exact) mass is 337 g/mol. The van der Waals surface area contributed by atoms with Crippen molar-refractivity contribution in [1.82, 2.24) is 9.80 Å². The van der Waals surface area contributed by atoms with Crippen molar-refractivity contribution in [3.63, 3.8) is 0 Å². The van der Waals surface area contributed by atoms with Gasteiger partial charge in [0, 0.05) is 35.1 Å². The SMILES string of the molecule is C=Nc1sc2c(c1C(=C)Cl)CCN(C(=O)N1CCCCC1)C2. The second-order valence-corrected chi connectivity index (χ2v) is 7.29. The number of nitrogens with zero attached hydrogens (tertiary/aromatic N) is 3. The first-order valence-corrected chi connectivity index (χ1v) is 8.81. The lowest BCUT2D eigenvalue weighted by Crippen LogP contribution is -2.46. The fourth-order valence-corrected chi connectivity index (χ4v) is 4.68. The number of likely N-dealkylation sites (tertiary alicyclic amines) is 1. The van der Waals surface area contributed by atoms with Crippen LogP contribution in [0.2, 0.25) is 0 Å². The summed E-state index contributed by atoms with van der Waals surface area (Å²) in [4.78, 5) is 21.8. The van der Waals surface area contributed by atoms with Crippen LogP contribution in [0.5, 0.6) is 0 Å². The molecule has 0 radical (unpaired) electrons. The van der Waals surface area contributed by atoms with Gasteiger partial charge >= 0.3 is 6.03 Å². The number of carbonyl (C=O) groups excluding carboxylic acids is 1. The molecule has 0 atom stereocenters. The van der Waals surface area contributed by atoms with E-state index in [9.17, 15) is 4.79 Å². The van der Waals surface area contributed by atoms with Crippen LogP contribution < -0.4 is 0 Å². The van der Waals surface area contributed by atoms with E-state index in [-0.39, 0.29) is 6.03 Å². The first kappa shape index (κ1) is 15.6. The fraction of sp³-hybridized carbons (Fsp3) is 0.500. The molecule has 2 aliphatic rings. The Bertz CT molecular complexity index is 619.